The zero-order valence-corrected chi connectivity index (χ0v) is 8.30. The molecule has 0 amide bonds. The van der Waals surface area contributed by atoms with E-state index in [9.17, 15) is 18.0 Å². The number of aliphatic carboxylic acids is 1. The van der Waals surface area contributed by atoms with Crippen molar-refractivity contribution in [2.75, 3.05) is 0 Å². The summed E-state index contributed by atoms with van der Waals surface area (Å²) in [5.41, 5.74) is -2.13. The van der Waals surface area contributed by atoms with Gasteiger partial charge in [0.2, 0.25) is 0 Å². The van der Waals surface area contributed by atoms with Gasteiger partial charge in [-0.2, -0.15) is 13.2 Å². The molecule has 1 aliphatic heterocycles. The van der Waals surface area contributed by atoms with Crippen LogP contribution in [0.25, 0.3) is 0 Å². The first-order valence-electron chi connectivity index (χ1n) is 4.77. The number of carbonyl (C=O) groups is 1. The van der Waals surface area contributed by atoms with Gasteiger partial charge in [0.15, 0.2) is 5.60 Å². The maximum absolute atomic E-state index is 12.7. The van der Waals surface area contributed by atoms with Crippen LogP contribution in [-0.4, -0.2) is 29.0 Å². The molecule has 1 fully saturated rings. The molecule has 1 rings (SSSR count). The standard InChI is InChI=1S/C9H13F3O3/c1-2-8(9(10,11)12)4-3-6(15-8)5-7(13)14/h6H,2-5H2,1H3,(H,13,14). The minimum Gasteiger partial charge on any atom is -0.481 e. The highest BCUT2D eigenvalue weighted by Gasteiger charge is 2.58. The SMILES string of the molecule is CCC1(C(F)(F)F)CCC(CC(=O)O)O1. The molecule has 1 aliphatic rings. The Hall–Kier alpha value is -0.780. The molecular weight excluding hydrogens is 213 g/mol. The third-order valence-corrected chi connectivity index (χ3v) is 2.75. The summed E-state index contributed by atoms with van der Waals surface area (Å²) in [6.07, 6.45) is -5.77. The van der Waals surface area contributed by atoms with Crippen molar-refractivity contribution in [3.05, 3.63) is 0 Å². The van der Waals surface area contributed by atoms with Gasteiger partial charge in [0.1, 0.15) is 0 Å². The Balaban J connectivity index is 2.69. The Bertz CT molecular complexity index is 251. The minimum atomic E-state index is -4.42. The molecule has 0 aromatic carbocycles. The molecule has 2 unspecified atom stereocenters. The van der Waals surface area contributed by atoms with Crippen molar-refractivity contribution >= 4 is 5.97 Å². The molecule has 1 saturated heterocycles. The van der Waals surface area contributed by atoms with Gasteiger partial charge < -0.3 is 9.84 Å². The zero-order valence-electron chi connectivity index (χ0n) is 8.30. The van der Waals surface area contributed by atoms with Gasteiger partial charge in [0, 0.05) is 0 Å². The summed E-state index contributed by atoms with van der Waals surface area (Å²) in [5.74, 6) is -1.13. The highest BCUT2D eigenvalue weighted by Crippen LogP contribution is 2.46. The van der Waals surface area contributed by atoms with E-state index in [4.69, 9.17) is 9.84 Å². The fourth-order valence-electron chi connectivity index (χ4n) is 1.84. The van der Waals surface area contributed by atoms with Crippen LogP contribution in [-0.2, 0) is 9.53 Å². The second-order valence-corrected chi connectivity index (χ2v) is 3.72. The molecule has 3 nitrogen and oxygen atoms in total. The van der Waals surface area contributed by atoms with Crippen molar-refractivity contribution in [2.45, 2.75) is 50.5 Å². The van der Waals surface area contributed by atoms with Crippen molar-refractivity contribution < 1.29 is 27.8 Å². The first kappa shape index (κ1) is 12.3. The van der Waals surface area contributed by atoms with E-state index in [1.807, 2.05) is 0 Å². The second-order valence-electron chi connectivity index (χ2n) is 3.72. The number of halogens is 3. The van der Waals surface area contributed by atoms with Crippen LogP contribution in [0.5, 0.6) is 0 Å². The molecular formula is C9H13F3O3. The van der Waals surface area contributed by atoms with Gasteiger partial charge in [-0.05, 0) is 19.3 Å². The van der Waals surface area contributed by atoms with Crippen LogP contribution >= 0.6 is 0 Å². The molecule has 0 radical (unpaired) electrons. The lowest BCUT2D eigenvalue weighted by atomic mass is 9.96. The average molecular weight is 226 g/mol. The topological polar surface area (TPSA) is 46.5 Å². The summed E-state index contributed by atoms with van der Waals surface area (Å²) in [5, 5.41) is 8.46. The first-order chi connectivity index (χ1) is 6.81. The third-order valence-electron chi connectivity index (χ3n) is 2.75. The van der Waals surface area contributed by atoms with Gasteiger partial charge in [-0.1, -0.05) is 6.92 Å². The summed E-state index contributed by atoms with van der Waals surface area (Å²) in [6, 6.07) is 0. The van der Waals surface area contributed by atoms with E-state index in [0.717, 1.165) is 0 Å². The van der Waals surface area contributed by atoms with Gasteiger partial charge in [-0.15, -0.1) is 0 Å². The van der Waals surface area contributed by atoms with Crippen LogP contribution in [0.2, 0.25) is 0 Å². The van der Waals surface area contributed by atoms with E-state index < -0.39 is 23.9 Å². The number of rotatable bonds is 3. The molecule has 6 heteroatoms. The largest absolute Gasteiger partial charge is 0.481 e. The number of carboxylic acid groups (broad SMARTS) is 1. The van der Waals surface area contributed by atoms with Crippen molar-refractivity contribution in [3.8, 4) is 0 Å². The van der Waals surface area contributed by atoms with E-state index >= 15 is 0 Å². The fourth-order valence-corrected chi connectivity index (χ4v) is 1.84. The molecule has 15 heavy (non-hydrogen) atoms. The Morgan fingerprint density at radius 3 is 2.53 bits per heavy atom. The number of hydrogen-bond acceptors (Lipinski definition) is 2. The molecule has 0 aromatic heterocycles. The van der Waals surface area contributed by atoms with Crippen molar-refractivity contribution in [1.82, 2.24) is 0 Å². The first-order valence-corrected chi connectivity index (χ1v) is 4.77. The fraction of sp³-hybridized carbons (Fsp3) is 0.889. The van der Waals surface area contributed by atoms with Crippen LogP contribution in [0.3, 0.4) is 0 Å². The lowest BCUT2D eigenvalue weighted by Gasteiger charge is -2.30. The summed E-state index contributed by atoms with van der Waals surface area (Å²) < 4.78 is 42.8. The lowest BCUT2D eigenvalue weighted by molar-refractivity contribution is -0.272. The minimum absolute atomic E-state index is 0.148. The molecule has 0 aromatic rings. The Morgan fingerprint density at radius 1 is 1.60 bits per heavy atom. The number of hydrogen-bond donors (Lipinski definition) is 1. The Labute approximate surface area is 85.2 Å². The van der Waals surface area contributed by atoms with Crippen LogP contribution in [0.4, 0.5) is 13.2 Å². The van der Waals surface area contributed by atoms with Crippen LogP contribution in [0.15, 0.2) is 0 Å². The van der Waals surface area contributed by atoms with Crippen molar-refractivity contribution in [3.63, 3.8) is 0 Å². The molecule has 0 spiro atoms. The van der Waals surface area contributed by atoms with Gasteiger partial charge in [0.25, 0.3) is 0 Å². The van der Waals surface area contributed by atoms with Crippen LogP contribution in [0.1, 0.15) is 32.6 Å². The van der Waals surface area contributed by atoms with Crippen molar-refractivity contribution in [2.24, 2.45) is 0 Å². The Morgan fingerprint density at radius 2 is 2.20 bits per heavy atom. The monoisotopic (exact) mass is 226 g/mol. The molecule has 88 valence electrons. The molecule has 0 bridgehead atoms. The predicted octanol–water partition coefficient (Wildman–Crippen LogP) is 2.35. The Kier molecular flexibility index (Phi) is 3.28. The van der Waals surface area contributed by atoms with E-state index in [-0.39, 0.29) is 25.7 Å². The van der Waals surface area contributed by atoms with E-state index in [1.54, 1.807) is 0 Å². The summed E-state index contributed by atoms with van der Waals surface area (Å²) >= 11 is 0. The molecule has 1 N–H and O–H groups in total. The highest BCUT2D eigenvalue weighted by atomic mass is 19.4. The smallest absolute Gasteiger partial charge is 0.417 e. The second kappa shape index (κ2) is 4.00. The molecule has 1 heterocycles. The van der Waals surface area contributed by atoms with Gasteiger partial charge >= 0.3 is 12.1 Å². The molecule has 0 saturated carbocycles. The normalized spacial score (nSPS) is 31.9. The van der Waals surface area contributed by atoms with Crippen LogP contribution < -0.4 is 0 Å². The van der Waals surface area contributed by atoms with E-state index in [0.29, 0.717) is 0 Å². The van der Waals surface area contributed by atoms with Gasteiger partial charge in [-0.3, -0.25) is 4.79 Å². The summed E-state index contributed by atoms with van der Waals surface area (Å²) in [6.45, 7) is 1.40. The third kappa shape index (κ3) is 2.42. The number of carboxylic acids is 1. The quantitative estimate of drug-likeness (QED) is 0.803. The molecule has 0 aliphatic carbocycles. The summed E-state index contributed by atoms with van der Waals surface area (Å²) in [4.78, 5) is 10.3. The van der Waals surface area contributed by atoms with Gasteiger partial charge in [-0.25, -0.2) is 0 Å². The number of ether oxygens (including phenoxy) is 1. The number of alkyl halides is 3. The van der Waals surface area contributed by atoms with E-state index in [2.05, 4.69) is 0 Å². The zero-order chi connectivity index (χ0) is 11.7. The highest BCUT2D eigenvalue weighted by molar-refractivity contribution is 5.67. The van der Waals surface area contributed by atoms with Crippen molar-refractivity contribution in [1.29, 1.82) is 0 Å². The maximum atomic E-state index is 12.7. The van der Waals surface area contributed by atoms with Crippen LogP contribution in [0, 0.1) is 0 Å². The lowest BCUT2D eigenvalue weighted by Crippen LogP contribution is -2.44. The van der Waals surface area contributed by atoms with Gasteiger partial charge in [0.05, 0.1) is 12.5 Å². The predicted molar refractivity (Wildman–Crippen MR) is 45.4 cm³/mol. The average Bonchev–Trinajstić information content (AvgIpc) is 2.47. The maximum Gasteiger partial charge on any atom is 0.417 e. The molecule has 2 atom stereocenters. The summed E-state index contributed by atoms with van der Waals surface area (Å²) in [7, 11) is 0. The van der Waals surface area contributed by atoms with E-state index in [1.165, 1.54) is 6.92 Å².